The van der Waals surface area contributed by atoms with Gasteiger partial charge in [0, 0.05) is 51.0 Å². The van der Waals surface area contributed by atoms with E-state index in [1.165, 1.54) is 0 Å². The lowest BCUT2D eigenvalue weighted by Crippen LogP contribution is -2.48. The van der Waals surface area contributed by atoms with E-state index in [9.17, 15) is 4.79 Å². The maximum atomic E-state index is 12.2. The van der Waals surface area contributed by atoms with Gasteiger partial charge in [-0.1, -0.05) is 23.2 Å². The van der Waals surface area contributed by atoms with Crippen LogP contribution in [-0.4, -0.2) is 54.6 Å². The number of carbonyl (C=O) groups excluding carboxylic acids is 1. The predicted octanol–water partition coefficient (Wildman–Crippen LogP) is 3.30. The molecule has 27 heavy (non-hydrogen) atoms. The molecule has 0 aliphatic carbocycles. The van der Waals surface area contributed by atoms with E-state index in [0.717, 1.165) is 38.4 Å². The van der Waals surface area contributed by atoms with Crippen molar-refractivity contribution < 1.29 is 9.53 Å². The third-order valence-corrected chi connectivity index (χ3v) is 5.66. The van der Waals surface area contributed by atoms with E-state index in [4.69, 9.17) is 27.9 Å². The number of halogens is 2. The fourth-order valence-electron chi connectivity index (χ4n) is 3.38. The van der Waals surface area contributed by atoms with Crippen LogP contribution >= 0.6 is 23.2 Å². The third kappa shape index (κ3) is 4.13. The van der Waals surface area contributed by atoms with Gasteiger partial charge in [0.05, 0.1) is 10.0 Å². The Hall–Kier alpha value is -2.02. The number of pyridine rings is 1. The summed E-state index contributed by atoms with van der Waals surface area (Å²) in [6.07, 6.45) is 1.80. The van der Waals surface area contributed by atoms with Crippen molar-refractivity contribution in [3.63, 3.8) is 0 Å². The second-order valence-corrected chi connectivity index (χ2v) is 7.48. The van der Waals surface area contributed by atoms with Crippen LogP contribution in [0.25, 0.3) is 0 Å². The summed E-state index contributed by atoms with van der Waals surface area (Å²) >= 11 is 12.1. The molecule has 1 saturated heterocycles. The fourth-order valence-corrected chi connectivity index (χ4v) is 3.68. The second-order valence-electron chi connectivity index (χ2n) is 6.66. The highest BCUT2D eigenvalue weighted by molar-refractivity contribution is 6.42. The molecular weight excluding hydrogens is 387 g/mol. The number of benzene rings is 1. The molecule has 4 rings (SSSR count). The van der Waals surface area contributed by atoms with Crippen LogP contribution < -0.4 is 15.0 Å². The van der Waals surface area contributed by atoms with Gasteiger partial charge in [-0.05, 0) is 30.3 Å². The normalized spacial score (nSPS) is 20.0. The van der Waals surface area contributed by atoms with Crippen LogP contribution in [0.1, 0.15) is 6.42 Å². The number of ether oxygens (including phenoxy) is 1. The molecule has 142 valence electrons. The molecule has 2 aromatic rings. The number of hydrogen-bond donors (Lipinski definition) is 1. The summed E-state index contributed by atoms with van der Waals surface area (Å²) in [5.74, 6) is 0.996. The van der Waals surface area contributed by atoms with Crippen molar-refractivity contribution in [3.8, 4) is 5.75 Å². The van der Waals surface area contributed by atoms with Crippen molar-refractivity contribution in [1.82, 2.24) is 9.88 Å². The van der Waals surface area contributed by atoms with Crippen LogP contribution in [0.5, 0.6) is 5.75 Å². The van der Waals surface area contributed by atoms with E-state index in [0.29, 0.717) is 28.0 Å². The summed E-state index contributed by atoms with van der Waals surface area (Å²) in [4.78, 5) is 21.0. The monoisotopic (exact) mass is 406 g/mol. The molecule has 1 N–H and O–H groups in total. The van der Waals surface area contributed by atoms with Crippen LogP contribution in [0.4, 0.5) is 11.5 Å². The van der Waals surface area contributed by atoms with E-state index in [1.54, 1.807) is 12.3 Å². The zero-order chi connectivity index (χ0) is 18.8. The molecule has 6 nitrogen and oxygen atoms in total. The molecule has 1 unspecified atom stereocenters. The molecular formula is C19H20Cl2N4O2. The van der Waals surface area contributed by atoms with Crippen LogP contribution in [0.2, 0.25) is 10.0 Å². The van der Waals surface area contributed by atoms with Crippen LogP contribution in [-0.2, 0) is 4.79 Å². The van der Waals surface area contributed by atoms with Gasteiger partial charge in [-0.15, -0.1) is 0 Å². The van der Waals surface area contributed by atoms with Crippen LogP contribution in [0.15, 0.2) is 36.5 Å². The van der Waals surface area contributed by atoms with Crippen molar-refractivity contribution in [1.29, 1.82) is 0 Å². The minimum Gasteiger partial charge on any atom is -0.477 e. The maximum absolute atomic E-state index is 12.2. The smallest absolute Gasteiger partial charge is 0.266 e. The van der Waals surface area contributed by atoms with Gasteiger partial charge < -0.3 is 15.0 Å². The molecule has 1 atom stereocenters. The Bertz CT molecular complexity index is 840. The van der Waals surface area contributed by atoms with Gasteiger partial charge in [-0.3, -0.25) is 9.69 Å². The number of anilines is 2. The van der Waals surface area contributed by atoms with E-state index in [2.05, 4.69) is 20.1 Å². The summed E-state index contributed by atoms with van der Waals surface area (Å²) in [6.45, 7) is 4.47. The quantitative estimate of drug-likeness (QED) is 0.843. The highest BCUT2D eigenvalue weighted by Gasteiger charge is 2.29. The minimum absolute atomic E-state index is 0.129. The van der Waals surface area contributed by atoms with Crippen molar-refractivity contribution in [2.24, 2.45) is 0 Å². The van der Waals surface area contributed by atoms with Crippen molar-refractivity contribution >= 4 is 40.6 Å². The topological polar surface area (TPSA) is 57.7 Å². The molecule has 0 bridgehead atoms. The number of piperazine rings is 1. The van der Waals surface area contributed by atoms with Gasteiger partial charge in [0.15, 0.2) is 17.7 Å². The van der Waals surface area contributed by atoms with E-state index < -0.39 is 6.10 Å². The fraction of sp³-hybridized carbons (Fsp3) is 0.368. The summed E-state index contributed by atoms with van der Waals surface area (Å²) in [7, 11) is 0. The summed E-state index contributed by atoms with van der Waals surface area (Å²) in [5.41, 5.74) is 1.09. The first-order chi connectivity index (χ1) is 13.1. The van der Waals surface area contributed by atoms with Crippen molar-refractivity contribution in [2.45, 2.75) is 12.5 Å². The Labute approximate surface area is 168 Å². The Balaban J connectivity index is 1.28. The predicted molar refractivity (Wildman–Crippen MR) is 107 cm³/mol. The molecule has 2 aliphatic rings. The lowest BCUT2D eigenvalue weighted by molar-refractivity contribution is -0.124. The van der Waals surface area contributed by atoms with Crippen molar-refractivity contribution in [3.05, 3.63) is 46.6 Å². The zero-order valence-corrected chi connectivity index (χ0v) is 16.2. The number of carbonyl (C=O) groups is 1. The SMILES string of the molecule is O=C1Nc2ncccc2OC1CCN1CCN(c2ccc(Cl)c(Cl)c2)CC1. The third-order valence-electron chi connectivity index (χ3n) is 4.92. The Morgan fingerprint density at radius 1 is 1.15 bits per heavy atom. The molecule has 8 heteroatoms. The molecule has 1 amide bonds. The van der Waals surface area contributed by atoms with E-state index in [1.807, 2.05) is 24.3 Å². The van der Waals surface area contributed by atoms with Crippen LogP contribution in [0, 0.1) is 0 Å². The highest BCUT2D eigenvalue weighted by atomic mass is 35.5. The Morgan fingerprint density at radius 3 is 2.74 bits per heavy atom. The van der Waals surface area contributed by atoms with Gasteiger partial charge in [0.2, 0.25) is 0 Å². The largest absolute Gasteiger partial charge is 0.477 e. The first-order valence-corrected chi connectivity index (χ1v) is 9.70. The van der Waals surface area contributed by atoms with Gasteiger partial charge in [0.25, 0.3) is 5.91 Å². The van der Waals surface area contributed by atoms with Crippen LogP contribution in [0.3, 0.4) is 0 Å². The lowest BCUT2D eigenvalue weighted by atomic mass is 10.1. The summed E-state index contributed by atoms with van der Waals surface area (Å²) in [5, 5.41) is 3.96. The first-order valence-electron chi connectivity index (χ1n) is 8.95. The number of fused-ring (bicyclic) bond motifs is 1. The molecule has 0 spiro atoms. The molecule has 0 radical (unpaired) electrons. The molecule has 0 saturated carbocycles. The average Bonchev–Trinajstić information content (AvgIpc) is 2.69. The molecule has 3 heterocycles. The Kier molecular flexibility index (Phi) is 5.38. The number of nitrogens with zero attached hydrogens (tertiary/aromatic N) is 3. The van der Waals surface area contributed by atoms with Gasteiger partial charge in [-0.2, -0.15) is 0 Å². The maximum Gasteiger partial charge on any atom is 0.266 e. The molecule has 1 fully saturated rings. The lowest BCUT2D eigenvalue weighted by Gasteiger charge is -2.37. The highest BCUT2D eigenvalue weighted by Crippen LogP contribution is 2.29. The second kappa shape index (κ2) is 7.92. The minimum atomic E-state index is -0.477. The summed E-state index contributed by atoms with van der Waals surface area (Å²) < 4.78 is 5.81. The molecule has 1 aromatic heterocycles. The number of nitrogens with one attached hydrogen (secondary N) is 1. The number of rotatable bonds is 4. The first kappa shape index (κ1) is 18.3. The standard InChI is InChI=1S/C19H20Cl2N4O2/c20-14-4-3-13(12-15(14)21)25-10-8-24(9-11-25)7-5-17-19(26)23-18-16(27-17)2-1-6-22-18/h1-4,6,12,17H,5,7-11H2,(H,22,23,26). The van der Waals surface area contributed by atoms with Gasteiger partial charge >= 0.3 is 0 Å². The zero-order valence-electron chi connectivity index (χ0n) is 14.7. The van der Waals surface area contributed by atoms with Gasteiger partial charge in [-0.25, -0.2) is 4.98 Å². The van der Waals surface area contributed by atoms with Gasteiger partial charge in [0.1, 0.15) is 0 Å². The summed E-state index contributed by atoms with van der Waals surface area (Å²) in [6, 6.07) is 9.36. The van der Waals surface area contributed by atoms with Crippen molar-refractivity contribution in [2.75, 3.05) is 42.9 Å². The molecule has 1 aromatic carbocycles. The molecule has 2 aliphatic heterocycles. The van der Waals surface area contributed by atoms with E-state index in [-0.39, 0.29) is 5.91 Å². The van der Waals surface area contributed by atoms with E-state index >= 15 is 0 Å². The number of aromatic nitrogens is 1. The Morgan fingerprint density at radius 2 is 1.96 bits per heavy atom. The average molecular weight is 407 g/mol. The number of amides is 1. The number of hydrogen-bond acceptors (Lipinski definition) is 5.